The molecule has 5 N–H and O–H groups in total. The zero-order valence-electron chi connectivity index (χ0n) is 19.4. The quantitative estimate of drug-likeness (QED) is 0.221. The summed E-state index contributed by atoms with van der Waals surface area (Å²) in [5.41, 5.74) is 6.10. The van der Waals surface area contributed by atoms with E-state index in [9.17, 15) is 5.11 Å². The zero-order chi connectivity index (χ0) is 22.1. The number of nitrogens with one attached hydrogen (secondary N) is 2. The van der Waals surface area contributed by atoms with Crippen molar-refractivity contribution in [2.45, 2.75) is 77.7 Å². The van der Waals surface area contributed by atoms with Gasteiger partial charge in [0.2, 0.25) is 0 Å². The van der Waals surface area contributed by atoms with Gasteiger partial charge in [0.15, 0.2) is 5.96 Å². The summed E-state index contributed by atoms with van der Waals surface area (Å²) in [5.74, 6) is 3.90. The molecule has 31 heavy (non-hydrogen) atoms. The summed E-state index contributed by atoms with van der Waals surface area (Å²) in [6.07, 6.45) is 17.4. The second-order valence-electron chi connectivity index (χ2n) is 11.1. The molecule has 4 aliphatic rings. The van der Waals surface area contributed by atoms with Crippen molar-refractivity contribution >= 4 is 12.2 Å². The van der Waals surface area contributed by atoms with Crippen LogP contribution in [0.15, 0.2) is 17.3 Å². The number of aliphatic hydroxyl groups excluding tert-OH is 1. The van der Waals surface area contributed by atoms with Crippen molar-refractivity contribution in [1.29, 1.82) is 5.41 Å². The van der Waals surface area contributed by atoms with E-state index in [4.69, 9.17) is 16.0 Å². The Hall–Kier alpha value is -1.56. The maximum atomic E-state index is 10.2. The average molecular weight is 431 g/mol. The minimum Gasteiger partial charge on any atom is -0.394 e. The molecule has 6 heteroatoms. The van der Waals surface area contributed by atoms with E-state index >= 15 is 0 Å². The topological polar surface area (TPSA) is 104 Å². The molecular formula is C25H42N4O2. The van der Waals surface area contributed by atoms with Crippen LogP contribution >= 0.6 is 0 Å². The maximum absolute atomic E-state index is 10.2. The number of rotatable bonds is 6. The number of nitrogens with zero attached hydrogens (tertiary/aromatic N) is 1. The highest BCUT2D eigenvalue weighted by Crippen LogP contribution is 2.67. The predicted molar refractivity (Wildman–Crippen MR) is 125 cm³/mol. The first-order valence-electron chi connectivity index (χ1n) is 12.4. The molecule has 0 radical (unpaired) electrons. The highest BCUT2D eigenvalue weighted by atomic mass is 16.6. The molecule has 6 nitrogen and oxygen atoms in total. The van der Waals surface area contributed by atoms with Crippen LogP contribution in [0.25, 0.3) is 0 Å². The van der Waals surface area contributed by atoms with Crippen LogP contribution in [-0.4, -0.2) is 36.5 Å². The van der Waals surface area contributed by atoms with Crippen molar-refractivity contribution in [2.24, 2.45) is 51.3 Å². The summed E-state index contributed by atoms with van der Waals surface area (Å²) in [4.78, 5) is 5.21. The van der Waals surface area contributed by atoms with Crippen molar-refractivity contribution in [1.82, 2.24) is 5.32 Å². The zero-order valence-corrected chi connectivity index (χ0v) is 19.4. The SMILES string of the molecule is C[C@]12CC[C@H](O)C[C@H]1CC[C@@H]1[C@@H]2CC[C@]2(C)[C@@H](/C=C/C=N/OCCNC(=N)N)CC[C@@H]12. The molecule has 0 bridgehead atoms. The first-order chi connectivity index (χ1) is 14.8. The first-order valence-corrected chi connectivity index (χ1v) is 12.4. The van der Waals surface area contributed by atoms with Crippen molar-refractivity contribution in [2.75, 3.05) is 13.2 Å². The summed E-state index contributed by atoms with van der Waals surface area (Å²) >= 11 is 0. The van der Waals surface area contributed by atoms with Crippen molar-refractivity contribution in [3.63, 3.8) is 0 Å². The minimum atomic E-state index is -0.0551. The summed E-state index contributed by atoms with van der Waals surface area (Å²) in [7, 11) is 0. The molecule has 0 heterocycles. The summed E-state index contributed by atoms with van der Waals surface area (Å²) in [5, 5.41) is 24.0. The van der Waals surface area contributed by atoms with Gasteiger partial charge >= 0.3 is 0 Å². The molecule has 0 aliphatic heterocycles. The van der Waals surface area contributed by atoms with Crippen LogP contribution in [0.2, 0.25) is 0 Å². The molecule has 0 saturated heterocycles. The fraction of sp³-hybridized carbons (Fsp3) is 0.840. The van der Waals surface area contributed by atoms with E-state index in [1.165, 1.54) is 44.9 Å². The average Bonchev–Trinajstić information content (AvgIpc) is 3.06. The van der Waals surface area contributed by atoms with E-state index in [0.29, 0.717) is 29.9 Å². The van der Waals surface area contributed by atoms with Gasteiger partial charge in [0.25, 0.3) is 0 Å². The number of hydrogen-bond acceptors (Lipinski definition) is 4. The normalized spacial score (nSPS) is 44.6. The Morgan fingerprint density at radius 2 is 1.90 bits per heavy atom. The molecule has 0 unspecified atom stereocenters. The third kappa shape index (κ3) is 4.37. The molecule has 0 spiro atoms. The second-order valence-corrected chi connectivity index (χ2v) is 11.1. The number of allylic oxidation sites excluding steroid dienone is 2. The van der Waals surface area contributed by atoms with Crippen molar-refractivity contribution in [3.8, 4) is 0 Å². The van der Waals surface area contributed by atoms with Crippen molar-refractivity contribution in [3.05, 3.63) is 12.2 Å². The summed E-state index contributed by atoms with van der Waals surface area (Å²) < 4.78 is 0. The Morgan fingerprint density at radius 1 is 1.13 bits per heavy atom. The summed E-state index contributed by atoms with van der Waals surface area (Å²) in [6.45, 7) is 6.00. The Balaban J connectivity index is 1.34. The molecule has 4 rings (SSSR count). The van der Waals surface area contributed by atoms with Gasteiger partial charge in [-0.15, -0.1) is 0 Å². The standard InChI is InChI=1S/C25H42N4O2/c1-24-12-10-22-20(7-5-18-16-19(30)9-11-25(18,22)2)21(24)8-6-17(24)4-3-13-29-31-15-14-28-23(26)27/h3-4,13,17-22,30H,5-12,14-16H2,1-2H3,(H4,26,27,28)/b4-3+,29-13+/t17-,18+,19-,20-,21-,22-,24+,25-/m0/s1. The van der Waals surface area contributed by atoms with Gasteiger partial charge in [0, 0.05) is 0 Å². The van der Waals surface area contributed by atoms with E-state index in [1.807, 2.05) is 0 Å². The Kier molecular flexibility index (Phi) is 6.66. The highest BCUT2D eigenvalue weighted by Gasteiger charge is 2.59. The lowest BCUT2D eigenvalue weighted by Crippen LogP contribution is -2.53. The van der Waals surface area contributed by atoms with E-state index in [1.54, 1.807) is 6.21 Å². The smallest absolute Gasteiger partial charge is 0.185 e. The molecule has 0 aromatic heterocycles. The van der Waals surface area contributed by atoms with Crippen molar-refractivity contribution < 1.29 is 9.94 Å². The third-order valence-electron chi connectivity index (χ3n) is 9.79. The van der Waals surface area contributed by atoms with E-state index in [0.717, 1.165) is 36.5 Å². The number of oxime groups is 1. The second kappa shape index (κ2) is 9.13. The minimum absolute atomic E-state index is 0.0465. The fourth-order valence-electron chi connectivity index (χ4n) is 8.14. The largest absolute Gasteiger partial charge is 0.394 e. The Bertz CT molecular complexity index is 710. The lowest BCUT2D eigenvalue weighted by Gasteiger charge is -2.60. The molecule has 0 aromatic carbocycles. The molecule has 8 atom stereocenters. The van der Waals surface area contributed by atoms with Gasteiger partial charge in [0.05, 0.1) is 18.9 Å². The van der Waals surface area contributed by atoms with Gasteiger partial charge in [-0.25, -0.2) is 0 Å². The van der Waals surface area contributed by atoms with Crippen LogP contribution in [0, 0.1) is 45.8 Å². The monoisotopic (exact) mass is 430 g/mol. The number of hydrogen-bond donors (Lipinski definition) is 4. The molecule has 4 aliphatic carbocycles. The van der Waals surface area contributed by atoms with Gasteiger partial charge in [0.1, 0.15) is 6.61 Å². The van der Waals surface area contributed by atoms with Gasteiger partial charge in [-0.05, 0) is 104 Å². The van der Waals surface area contributed by atoms with Crippen LogP contribution in [0.3, 0.4) is 0 Å². The van der Waals surface area contributed by atoms with E-state index in [2.05, 4.69) is 36.5 Å². The number of fused-ring (bicyclic) bond motifs is 5. The Morgan fingerprint density at radius 3 is 2.71 bits per heavy atom. The van der Waals surface area contributed by atoms with Crippen LogP contribution in [0.5, 0.6) is 0 Å². The molecule has 4 saturated carbocycles. The predicted octanol–water partition coefficient (Wildman–Crippen LogP) is 4.05. The fourth-order valence-corrected chi connectivity index (χ4v) is 8.14. The highest BCUT2D eigenvalue weighted by molar-refractivity contribution is 5.74. The maximum Gasteiger partial charge on any atom is 0.185 e. The summed E-state index contributed by atoms with van der Waals surface area (Å²) in [6, 6.07) is 0. The van der Waals surface area contributed by atoms with Crippen LogP contribution < -0.4 is 11.1 Å². The van der Waals surface area contributed by atoms with Gasteiger partial charge < -0.3 is 21.0 Å². The van der Waals surface area contributed by atoms with Gasteiger partial charge in [-0.2, -0.15) is 0 Å². The third-order valence-corrected chi connectivity index (χ3v) is 9.79. The molecule has 0 amide bonds. The molecular weight excluding hydrogens is 388 g/mol. The van der Waals surface area contributed by atoms with E-state index < -0.39 is 0 Å². The number of nitrogens with two attached hydrogens (primary N) is 1. The van der Waals surface area contributed by atoms with Gasteiger partial charge in [-0.1, -0.05) is 25.1 Å². The van der Waals surface area contributed by atoms with Crippen LogP contribution in [-0.2, 0) is 4.84 Å². The van der Waals surface area contributed by atoms with Crippen LogP contribution in [0.1, 0.15) is 71.6 Å². The number of guanidine groups is 1. The molecule has 0 aromatic rings. The van der Waals surface area contributed by atoms with Gasteiger partial charge in [-0.3, -0.25) is 5.41 Å². The molecule has 174 valence electrons. The first kappa shape index (κ1) is 22.6. The van der Waals surface area contributed by atoms with E-state index in [-0.39, 0.29) is 12.1 Å². The molecule has 4 fully saturated rings. The van der Waals surface area contributed by atoms with Crippen LogP contribution in [0.4, 0.5) is 0 Å². The Labute approximate surface area is 187 Å². The lowest BCUT2D eigenvalue weighted by atomic mass is 9.44. The lowest BCUT2D eigenvalue weighted by molar-refractivity contribution is -0.124. The number of aliphatic hydroxyl groups is 1.